The summed E-state index contributed by atoms with van der Waals surface area (Å²) in [6, 6.07) is 2.63. The normalized spacial score (nSPS) is 11.7. The van der Waals surface area contributed by atoms with E-state index in [1.807, 2.05) is 0 Å². The van der Waals surface area contributed by atoms with Crippen LogP contribution < -0.4 is 5.32 Å². The van der Waals surface area contributed by atoms with E-state index in [0.29, 0.717) is 5.56 Å². The SMILES string of the molecule is Cc1ccc(C(=O)N[C@H](CCO)C(=O)O)cc1[N+](=O)[O-]. The molecule has 0 bridgehead atoms. The van der Waals surface area contributed by atoms with Crippen LogP contribution in [0.15, 0.2) is 18.2 Å². The number of nitro benzene ring substituents is 1. The first-order valence-corrected chi connectivity index (χ1v) is 5.76. The largest absolute Gasteiger partial charge is 0.480 e. The summed E-state index contributed by atoms with van der Waals surface area (Å²) in [5.74, 6) is -2.03. The Morgan fingerprint density at radius 3 is 2.60 bits per heavy atom. The molecule has 0 radical (unpaired) electrons. The first kappa shape index (κ1) is 15.6. The van der Waals surface area contributed by atoms with Gasteiger partial charge in [0.2, 0.25) is 0 Å². The van der Waals surface area contributed by atoms with E-state index in [-0.39, 0.29) is 17.7 Å². The van der Waals surface area contributed by atoms with Crippen molar-refractivity contribution in [2.24, 2.45) is 0 Å². The number of rotatable bonds is 6. The third kappa shape index (κ3) is 3.75. The molecular weight excluding hydrogens is 268 g/mol. The van der Waals surface area contributed by atoms with Gasteiger partial charge in [-0.2, -0.15) is 0 Å². The van der Waals surface area contributed by atoms with Crippen LogP contribution in [-0.2, 0) is 4.79 Å². The lowest BCUT2D eigenvalue weighted by atomic mass is 10.1. The quantitative estimate of drug-likeness (QED) is 0.513. The van der Waals surface area contributed by atoms with Gasteiger partial charge in [-0.15, -0.1) is 0 Å². The number of aliphatic hydroxyl groups excluding tert-OH is 1. The molecular formula is C12H14N2O6. The maximum absolute atomic E-state index is 11.8. The maximum atomic E-state index is 11.8. The summed E-state index contributed by atoms with van der Waals surface area (Å²) < 4.78 is 0. The van der Waals surface area contributed by atoms with Crippen molar-refractivity contribution < 1.29 is 24.7 Å². The van der Waals surface area contributed by atoms with Crippen LogP contribution in [0.4, 0.5) is 5.69 Å². The van der Waals surface area contributed by atoms with Crippen LogP contribution >= 0.6 is 0 Å². The molecule has 8 nitrogen and oxygen atoms in total. The fourth-order valence-corrected chi connectivity index (χ4v) is 1.58. The molecule has 108 valence electrons. The van der Waals surface area contributed by atoms with E-state index in [2.05, 4.69) is 5.32 Å². The molecule has 0 heterocycles. The Labute approximate surface area is 114 Å². The second-order valence-electron chi connectivity index (χ2n) is 4.13. The minimum atomic E-state index is -1.28. The van der Waals surface area contributed by atoms with Gasteiger partial charge in [0.05, 0.1) is 4.92 Å². The Balaban J connectivity index is 2.95. The molecule has 20 heavy (non-hydrogen) atoms. The molecule has 0 aliphatic carbocycles. The van der Waals surface area contributed by atoms with E-state index in [9.17, 15) is 19.7 Å². The number of nitrogens with zero attached hydrogens (tertiary/aromatic N) is 1. The molecule has 3 N–H and O–H groups in total. The molecule has 0 aromatic heterocycles. The number of aliphatic carboxylic acids is 1. The molecule has 8 heteroatoms. The zero-order valence-electron chi connectivity index (χ0n) is 10.7. The van der Waals surface area contributed by atoms with Gasteiger partial charge in [0, 0.05) is 30.2 Å². The minimum absolute atomic E-state index is 0.00788. The Bertz CT molecular complexity index is 543. The summed E-state index contributed by atoms with van der Waals surface area (Å²) in [4.78, 5) is 32.9. The van der Waals surface area contributed by atoms with E-state index in [1.165, 1.54) is 19.1 Å². The van der Waals surface area contributed by atoms with Gasteiger partial charge in [-0.25, -0.2) is 4.79 Å². The monoisotopic (exact) mass is 282 g/mol. The van der Waals surface area contributed by atoms with Crippen LogP contribution in [-0.4, -0.2) is 39.7 Å². The van der Waals surface area contributed by atoms with Crippen LogP contribution in [0, 0.1) is 17.0 Å². The average molecular weight is 282 g/mol. The third-order valence-electron chi connectivity index (χ3n) is 2.69. The number of carbonyl (C=O) groups is 2. The number of carboxylic acid groups (broad SMARTS) is 1. The highest BCUT2D eigenvalue weighted by Crippen LogP contribution is 2.19. The minimum Gasteiger partial charge on any atom is -0.480 e. The third-order valence-corrected chi connectivity index (χ3v) is 2.69. The number of amides is 1. The Kier molecular flexibility index (Phi) is 5.15. The Hall–Kier alpha value is -2.48. The lowest BCUT2D eigenvalue weighted by Gasteiger charge is -2.13. The van der Waals surface area contributed by atoms with Gasteiger partial charge in [0.15, 0.2) is 0 Å². The predicted octanol–water partition coefficient (Wildman–Crippen LogP) is 0.469. The zero-order chi connectivity index (χ0) is 15.3. The molecule has 1 aromatic carbocycles. The Morgan fingerprint density at radius 1 is 1.45 bits per heavy atom. The molecule has 0 aliphatic rings. The standard InChI is InChI=1S/C12H14N2O6/c1-7-2-3-8(6-10(7)14(19)20)11(16)13-9(4-5-15)12(17)18/h2-3,6,9,15H,4-5H2,1H3,(H,13,16)(H,17,18)/t9-/m1/s1. The van der Waals surface area contributed by atoms with Crippen molar-refractivity contribution in [1.29, 1.82) is 0 Å². The van der Waals surface area contributed by atoms with Gasteiger partial charge < -0.3 is 15.5 Å². The van der Waals surface area contributed by atoms with E-state index in [0.717, 1.165) is 6.07 Å². The van der Waals surface area contributed by atoms with E-state index in [1.54, 1.807) is 0 Å². The lowest BCUT2D eigenvalue weighted by molar-refractivity contribution is -0.385. The van der Waals surface area contributed by atoms with E-state index < -0.39 is 29.4 Å². The second kappa shape index (κ2) is 6.62. The van der Waals surface area contributed by atoms with Crippen molar-refractivity contribution in [2.75, 3.05) is 6.61 Å². The smallest absolute Gasteiger partial charge is 0.326 e. The number of carbonyl (C=O) groups excluding carboxylic acids is 1. The molecule has 0 aliphatic heterocycles. The molecule has 1 rings (SSSR count). The van der Waals surface area contributed by atoms with Gasteiger partial charge in [-0.3, -0.25) is 14.9 Å². The van der Waals surface area contributed by atoms with Crippen LogP contribution in [0.5, 0.6) is 0 Å². The van der Waals surface area contributed by atoms with Gasteiger partial charge in [-0.05, 0) is 13.0 Å². The molecule has 0 unspecified atom stereocenters. The first-order valence-electron chi connectivity index (χ1n) is 5.76. The van der Waals surface area contributed by atoms with Crippen molar-refractivity contribution >= 4 is 17.6 Å². The molecule has 0 spiro atoms. The molecule has 0 saturated heterocycles. The summed E-state index contributed by atoms with van der Waals surface area (Å²) in [5, 5.41) is 30.5. The van der Waals surface area contributed by atoms with Crippen LogP contribution in [0.3, 0.4) is 0 Å². The van der Waals surface area contributed by atoms with Crippen molar-refractivity contribution in [3.8, 4) is 0 Å². The van der Waals surface area contributed by atoms with Crippen molar-refractivity contribution in [1.82, 2.24) is 5.32 Å². The van der Waals surface area contributed by atoms with Gasteiger partial charge in [-0.1, -0.05) is 6.07 Å². The second-order valence-corrected chi connectivity index (χ2v) is 4.13. The molecule has 0 saturated carbocycles. The number of nitro groups is 1. The van der Waals surface area contributed by atoms with Gasteiger partial charge >= 0.3 is 5.97 Å². The Morgan fingerprint density at radius 2 is 2.10 bits per heavy atom. The summed E-state index contributed by atoms with van der Waals surface area (Å²) in [6.07, 6.45) is -0.144. The summed E-state index contributed by atoms with van der Waals surface area (Å²) in [7, 11) is 0. The highest BCUT2D eigenvalue weighted by molar-refractivity contribution is 5.97. The number of benzene rings is 1. The van der Waals surface area contributed by atoms with Crippen LogP contribution in [0.1, 0.15) is 22.3 Å². The fraction of sp³-hybridized carbons (Fsp3) is 0.333. The topological polar surface area (TPSA) is 130 Å². The number of hydrogen-bond donors (Lipinski definition) is 3. The van der Waals surface area contributed by atoms with Gasteiger partial charge in [0.1, 0.15) is 6.04 Å². The van der Waals surface area contributed by atoms with Gasteiger partial charge in [0.25, 0.3) is 11.6 Å². The molecule has 0 fully saturated rings. The highest BCUT2D eigenvalue weighted by Gasteiger charge is 2.21. The zero-order valence-corrected chi connectivity index (χ0v) is 10.7. The molecule has 1 aromatic rings. The fourth-order valence-electron chi connectivity index (χ4n) is 1.58. The first-order chi connectivity index (χ1) is 9.36. The summed E-state index contributed by atoms with van der Waals surface area (Å²) >= 11 is 0. The van der Waals surface area contributed by atoms with Crippen LogP contribution in [0.25, 0.3) is 0 Å². The number of nitrogens with one attached hydrogen (secondary N) is 1. The lowest BCUT2D eigenvalue weighted by Crippen LogP contribution is -2.41. The molecule has 1 atom stereocenters. The van der Waals surface area contributed by atoms with E-state index >= 15 is 0 Å². The number of hydrogen-bond acceptors (Lipinski definition) is 5. The van der Waals surface area contributed by atoms with Crippen molar-refractivity contribution in [3.63, 3.8) is 0 Å². The predicted molar refractivity (Wildman–Crippen MR) is 68.4 cm³/mol. The van der Waals surface area contributed by atoms with Crippen molar-refractivity contribution in [3.05, 3.63) is 39.4 Å². The molecule has 1 amide bonds. The van der Waals surface area contributed by atoms with Crippen molar-refractivity contribution in [2.45, 2.75) is 19.4 Å². The van der Waals surface area contributed by atoms with Crippen LogP contribution in [0.2, 0.25) is 0 Å². The maximum Gasteiger partial charge on any atom is 0.326 e. The number of carboxylic acids is 1. The number of aliphatic hydroxyl groups is 1. The summed E-state index contributed by atoms with van der Waals surface area (Å²) in [6.45, 7) is 1.14. The highest BCUT2D eigenvalue weighted by atomic mass is 16.6. The van der Waals surface area contributed by atoms with E-state index in [4.69, 9.17) is 10.2 Å². The average Bonchev–Trinajstić information content (AvgIpc) is 2.38. The summed E-state index contributed by atoms with van der Waals surface area (Å²) in [5.41, 5.74) is 0.176. The number of aryl methyl sites for hydroxylation is 1.